The maximum absolute atomic E-state index is 11.6. The number of hydrogen-bond acceptors (Lipinski definition) is 3. The molecule has 0 saturated heterocycles. The van der Waals surface area contributed by atoms with Gasteiger partial charge < -0.3 is 5.32 Å². The van der Waals surface area contributed by atoms with Gasteiger partial charge in [0.15, 0.2) is 5.13 Å². The Hall–Kier alpha value is -1.17. The highest BCUT2D eigenvalue weighted by Crippen LogP contribution is 2.09. The van der Waals surface area contributed by atoms with Gasteiger partial charge in [-0.25, -0.2) is 9.78 Å². The Balaban J connectivity index is 2.18. The number of anilines is 1. The molecule has 1 rings (SSSR count). The van der Waals surface area contributed by atoms with Crippen LogP contribution in [0.15, 0.2) is 11.6 Å². The molecule has 6 heteroatoms. The average molecular weight is 203 g/mol. The molecule has 1 aromatic rings. The fourth-order valence-corrected chi connectivity index (χ4v) is 1.22. The van der Waals surface area contributed by atoms with Gasteiger partial charge in [-0.05, 0) is 6.42 Å². The van der Waals surface area contributed by atoms with Crippen molar-refractivity contribution >= 4 is 22.5 Å². The summed E-state index contributed by atoms with van der Waals surface area (Å²) in [5.74, 6) is 0. The van der Waals surface area contributed by atoms with Gasteiger partial charge in [-0.15, -0.1) is 11.3 Å². The molecular weight excluding hydrogens is 193 g/mol. The predicted molar refractivity (Wildman–Crippen MR) is 49.7 cm³/mol. The average Bonchev–Trinajstić information content (AvgIpc) is 2.57. The van der Waals surface area contributed by atoms with Crippen LogP contribution in [0.5, 0.6) is 0 Å². The summed E-state index contributed by atoms with van der Waals surface area (Å²) < 4.78 is 11.6. The van der Waals surface area contributed by atoms with Crippen LogP contribution in [-0.2, 0) is 0 Å². The lowest BCUT2D eigenvalue weighted by Crippen LogP contribution is -2.29. The molecular formula is C7H10FN3OS. The van der Waals surface area contributed by atoms with Crippen molar-refractivity contribution in [1.29, 1.82) is 0 Å². The van der Waals surface area contributed by atoms with Crippen LogP contribution in [0.25, 0.3) is 0 Å². The summed E-state index contributed by atoms with van der Waals surface area (Å²) in [5, 5.41) is 7.31. The molecule has 0 aromatic carbocycles. The maximum atomic E-state index is 11.6. The van der Waals surface area contributed by atoms with Gasteiger partial charge in [0.05, 0.1) is 6.67 Å². The molecule has 4 nitrogen and oxygen atoms in total. The van der Waals surface area contributed by atoms with Crippen LogP contribution >= 0.6 is 11.3 Å². The molecule has 13 heavy (non-hydrogen) atoms. The van der Waals surface area contributed by atoms with Crippen molar-refractivity contribution in [3.05, 3.63) is 11.6 Å². The second-order valence-electron chi connectivity index (χ2n) is 2.26. The molecule has 0 saturated carbocycles. The van der Waals surface area contributed by atoms with Crippen LogP contribution in [0.1, 0.15) is 6.42 Å². The van der Waals surface area contributed by atoms with E-state index in [2.05, 4.69) is 15.6 Å². The molecule has 0 atom stereocenters. The molecule has 1 aromatic heterocycles. The lowest BCUT2D eigenvalue weighted by Gasteiger charge is -2.02. The van der Waals surface area contributed by atoms with Crippen molar-refractivity contribution in [2.24, 2.45) is 0 Å². The molecule has 0 radical (unpaired) electrons. The minimum Gasteiger partial charge on any atom is -0.338 e. The van der Waals surface area contributed by atoms with Crippen molar-refractivity contribution in [3.63, 3.8) is 0 Å². The van der Waals surface area contributed by atoms with Crippen LogP contribution in [-0.4, -0.2) is 24.2 Å². The van der Waals surface area contributed by atoms with E-state index >= 15 is 0 Å². The van der Waals surface area contributed by atoms with E-state index in [1.165, 1.54) is 11.3 Å². The highest BCUT2D eigenvalue weighted by Gasteiger charge is 2.01. The predicted octanol–water partition coefficient (Wildman–Crippen LogP) is 1.62. The van der Waals surface area contributed by atoms with Crippen LogP contribution < -0.4 is 10.6 Å². The van der Waals surface area contributed by atoms with Gasteiger partial charge in [0, 0.05) is 18.1 Å². The second kappa shape index (κ2) is 5.47. The summed E-state index contributed by atoms with van der Waals surface area (Å²) in [4.78, 5) is 14.9. The lowest BCUT2D eigenvalue weighted by molar-refractivity contribution is 0.251. The van der Waals surface area contributed by atoms with E-state index in [4.69, 9.17) is 0 Å². The summed E-state index contributed by atoms with van der Waals surface area (Å²) in [6.07, 6.45) is 1.94. The molecule has 0 unspecified atom stereocenters. The fourth-order valence-electron chi connectivity index (χ4n) is 0.695. The minimum atomic E-state index is -0.419. The SMILES string of the molecule is O=C(NCCCF)Nc1nccs1. The number of halogens is 1. The number of aromatic nitrogens is 1. The molecule has 0 fully saturated rings. The number of nitrogens with one attached hydrogen (secondary N) is 2. The number of rotatable bonds is 4. The number of nitrogens with zero attached hydrogens (tertiary/aromatic N) is 1. The first-order valence-electron chi connectivity index (χ1n) is 3.83. The normalized spacial score (nSPS) is 9.62. The fraction of sp³-hybridized carbons (Fsp3) is 0.429. The minimum absolute atomic E-state index is 0.339. The quantitative estimate of drug-likeness (QED) is 0.731. The number of urea groups is 1. The standard InChI is InChI=1S/C7H10FN3OS/c8-2-1-3-9-6(12)11-7-10-4-5-13-7/h4-5H,1-3H2,(H2,9,10,11,12). The smallest absolute Gasteiger partial charge is 0.321 e. The van der Waals surface area contributed by atoms with Crippen molar-refractivity contribution < 1.29 is 9.18 Å². The van der Waals surface area contributed by atoms with Gasteiger partial charge >= 0.3 is 6.03 Å². The number of alkyl halides is 1. The van der Waals surface area contributed by atoms with Crippen molar-refractivity contribution in [2.45, 2.75) is 6.42 Å². The van der Waals surface area contributed by atoms with Crippen LogP contribution in [0.2, 0.25) is 0 Å². The molecule has 2 N–H and O–H groups in total. The molecule has 2 amide bonds. The zero-order chi connectivity index (χ0) is 9.52. The van der Waals surface area contributed by atoms with Gasteiger partial charge in [0.25, 0.3) is 0 Å². The lowest BCUT2D eigenvalue weighted by atomic mass is 10.5. The Labute approximate surface area is 79.2 Å². The third kappa shape index (κ3) is 3.84. The molecule has 0 aliphatic rings. The first kappa shape index (κ1) is 9.91. The highest BCUT2D eigenvalue weighted by atomic mass is 32.1. The summed E-state index contributed by atoms with van der Waals surface area (Å²) in [7, 11) is 0. The molecule has 72 valence electrons. The van der Waals surface area contributed by atoms with E-state index in [1.807, 2.05) is 0 Å². The zero-order valence-corrected chi connectivity index (χ0v) is 7.73. The maximum Gasteiger partial charge on any atom is 0.321 e. The molecule has 1 heterocycles. The largest absolute Gasteiger partial charge is 0.338 e. The number of carbonyl (C=O) groups excluding carboxylic acids is 1. The van der Waals surface area contributed by atoms with E-state index in [1.54, 1.807) is 11.6 Å². The molecule has 0 aliphatic carbocycles. The van der Waals surface area contributed by atoms with Crippen LogP contribution in [0, 0.1) is 0 Å². The van der Waals surface area contributed by atoms with Crippen LogP contribution in [0.4, 0.5) is 14.3 Å². The second-order valence-corrected chi connectivity index (χ2v) is 3.16. The number of hydrogen-bond donors (Lipinski definition) is 2. The Bertz CT molecular complexity index is 252. The van der Waals surface area contributed by atoms with Crippen molar-refractivity contribution in [3.8, 4) is 0 Å². The van der Waals surface area contributed by atoms with Crippen LogP contribution in [0.3, 0.4) is 0 Å². The summed E-state index contributed by atoms with van der Waals surface area (Å²) in [5.41, 5.74) is 0. The summed E-state index contributed by atoms with van der Waals surface area (Å²) in [6.45, 7) is -0.0781. The number of amides is 2. The first-order chi connectivity index (χ1) is 6.33. The third-order valence-electron chi connectivity index (χ3n) is 1.25. The first-order valence-corrected chi connectivity index (χ1v) is 4.71. The summed E-state index contributed by atoms with van der Waals surface area (Å²) in [6, 6.07) is -0.344. The Kier molecular flexibility index (Phi) is 4.17. The van der Waals surface area contributed by atoms with Gasteiger partial charge in [-0.2, -0.15) is 0 Å². The van der Waals surface area contributed by atoms with Crippen molar-refractivity contribution in [2.75, 3.05) is 18.5 Å². The zero-order valence-electron chi connectivity index (χ0n) is 6.92. The van der Waals surface area contributed by atoms with Gasteiger partial charge in [-0.3, -0.25) is 9.71 Å². The van der Waals surface area contributed by atoms with E-state index in [0.717, 1.165) is 0 Å². The van der Waals surface area contributed by atoms with Gasteiger partial charge in [-0.1, -0.05) is 0 Å². The van der Waals surface area contributed by atoms with E-state index in [9.17, 15) is 9.18 Å². The molecule has 0 aliphatic heterocycles. The Morgan fingerprint density at radius 2 is 2.54 bits per heavy atom. The van der Waals surface area contributed by atoms with Crippen molar-refractivity contribution in [1.82, 2.24) is 10.3 Å². The van der Waals surface area contributed by atoms with Gasteiger partial charge in [0.1, 0.15) is 0 Å². The van der Waals surface area contributed by atoms with Gasteiger partial charge in [0.2, 0.25) is 0 Å². The Morgan fingerprint density at radius 3 is 3.15 bits per heavy atom. The third-order valence-corrected chi connectivity index (χ3v) is 1.94. The monoisotopic (exact) mass is 203 g/mol. The summed E-state index contributed by atoms with van der Waals surface area (Å²) >= 11 is 1.33. The number of carbonyl (C=O) groups is 1. The molecule has 0 spiro atoms. The highest BCUT2D eigenvalue weighted by molar-refractivity contribution is 7.13. The Morgan fingerprint density at radius 1 is 1.69 bits per heavy atom. The van der Waals surface area contributed by atoms with E-state index in [0.29, 0.717) is 18.1 Å². The number of thiazole rings is 1. The topological polar surface area (TPSA) is 54.0 Å². The van der Waals surface area contributed by atoms with E-state index < -0.39 is 6.67 Å². The molecule has 0 bridgehead atoms. The van der Waals surface area contributed by atoms with E-state index in [-0.39, 0.29) is 6.03 Å².